The predicted octanol–water partition coefficient (Wildman–Crippen LogP) is 0.989. The molecule has 0 aliphatic heterocycles. The van der Waals surface area contributed by atoms with Crippen molar-refractivity contribution in [2.75, 3.05) is 20.1 Å². The lowest BCUT2D eigenvalue weighted by Crippen LogP contribution is -2.39. The number of alkyl carbamates (subject to hydrolysis) is 1. The van der Waals surface area contributed by atoms with Crippen LogP contribution >= 0.6 is 0 Å². The van der Waals surface area contributed by atoms with Gasteiger partial charge in [0.25, 0.3) is 0 Å². The van der Waals surface area contributed by atoms with E-state index in [0.29, 0.717) is 25.6 Å². The highest BCUT2D eigenvalue weighted by Gasteiger charge is 2.15. The van der Waals surface area contributed by atoms with Gasteiger partial charge in [0, 0.05) is 26.3 Å². The molecule has 0 spiro atoms. The number of hydrogen-bond acceptors (Lipinski definition) is 4. The number of rotatable bonds is 6. The normalized spacial score (nSPS) is 11.9. The lowest BCUT2D eigenvalue weighted by molar-refractivity contribution is 0.0527. The molecule has 1 amide bonds. The summed E-state index contributed by atoms with van der Waals surface area (Å²) in [5, 5.41) is 15.8. The van der Waals surface area contributed by atoms with Crippen LogP contribution in [-0.2, 0) is 11.3 Å². The Morgan fingerprint density at radius 3 is 2.64 bits per heavy atom. The maximum Gasteiger partial charge on any atom is 0.407 e. The molecule has 0 aliphatic carbocycles. The zero-order valence-corrected chi connectivity index (χ0v) is 13.7. The standard InChI is InChI=1S/C14H26N6O2/c1-14(2,3)22-13(21)17-8-5-7-16-12(15-4)18-10-11-6-9-19-20-11/h6,9H,5,7-8,10H2,1-4H3,(H,17,21)(H,19,20)(H2,15,16,18). The molecule has 8 nitrogen and oxygen atoms in total. The monoisotopic (exact) mass is 310 g/mol. The van der Waals surface area contributed by atoms with Gasteiger partial charge in [-0.15, -0.1) is 0 Å². The average molecular weight is 310 g/mol. The Bertz CT molecular complexity index is 464. The number of guanidine groups is 1. The van der Waals surface area contributed by atoms with Crippen LogP contribution in [0.5, 0.6) is 0 Å². The third kappa shape index (κ3) is 8.13. The Labute approximate surface area is 131 Å². The fourth-order valence-corrected chi connectivity index (χ4v) is 1.58. The summed E-state index contributed by atoms with van der Waals surface area (Å²) in [5.74, 6) is 0.701. The molecular formula is C14H26N6O2. The fraction of sp³-hybridized carbons (Fsp3) is 0.643. The first-order valence-corrected chi connectivity index (χ1v) is 7.30. The van der Waals surface area contributed by atoms with Gasteiger partial charge in [-0.1, -0.05) is 0 Å². The number of carbonyl (C=O) groups excluding carboxylic acids is 1. The lowest BCUT2D eigenvalue weighted by Gasteiger charge is -2.19. The zero-order valence-electron chi connectivity index (χ0n) is 13.7. The van der Waals surface area contributed by atoms with Crippen LogP contribution in [0.4, 0.5) is 4.79 Å². The van der Waals surface area contributed by atoms with Gasteiger partial charge in [0.15, 0.2) is 5.96 Å². The Morgan fingerprint density at radius 1 is 1.32 bits per heavy atom. The van der Waals surface area contributed by atoms with E-state index >= 15 is 0 Å². The van der Waals surface area contributed by atoms with E-state index in [4.69, 9.17) is 4.74 Å². The highest BCUT2D eigenvalue weighted by molar-refractivity contribution is 5.79. The van der Waals surface area contributed by atoms with Crippen molar-refractivity contribution in [1.82, 2.24) is 26.1 Å². The molecule has 0 fully saturated rings. The molecule has 0 aromatic carbocycles. The molecule has 8 heteroatoms. The molecule has 1 rings (SSSR count). The third-order valence-electron chi connectivity index (χ3n) is 2.54. The van der Waals surface area contributed by atoms with Crippen molar-refractivity contribution in [2.24, 2.45) is 4.99 Å². The summed E-state index contributed by atoms with van der Waals surface area (Å²) in [4.78, 5) is 15.6. The second-order valence-electron chi connectivity index (χ2n) is 5.72. The van der Waals surface area contributed by atoms with Gasteiger partial charge in [-0.3, -0.25) is 10.1 Å². The van der Waals surface area contributed by atoms with Crippen LogP contribution in [0.2, 0.25) is 0 Å². The summed E-state index contributed by atoms with van der Waals surface area (Å²) in [5.41, 5.74) is 0.510. The van der Waals surface area contributed by atoms with Crippen LogP contribution in [0.3, 0.4) is 0 Å². The first-order valence-electron chi connectivity index (χ1n) is 7.30. The second-order valence-corrected chi connectivity index (χ2v) is 5.72. The van der Waals surface area contributed by atoms with Gasteiger partial charge in [0.2, 0.25) is 0 Å². The van der Waals surface area contributed by atoms with Crippen molar-refractivity contribution in [2.45, 2.75) is 39.3 Å². The topological polar surface area (TPSA) is 103 Å². The summed E-state index contributed by atoms with van der Waals surface area (Å²) < 4.78 is 5.15. The summed E-state index contributed by atoms with van der Waals surface area (Å²) in [7, 11) is 1.71. The molecule has 1 aromatic rings. The Morgan fingerprint density at radius 2 is 2.05 bits per heavy atom. The molecule has 0 saturated carbocycles. The first-order chi connectivity index (χ1) is 10.4. The number of H-pyrrole nitrogens is 1. The largest absolute Gasteiger partial charge is 0.444 e. The molecule has 0 atom stereocenters. The number of nitrogens with zero attached hydrogens (tertiary/aromatic N) is 2. The van der Waals surface area contributed by atoms with E-state index < -0.39 is 11.7 Å². The lowest BCUT2D eigenvalue weighted by atomic mass is 10.2. The van der Waals surface area contributed by atoms with E-state index in [2.05, 4.69) is 31.1 Å². The smallest absolute Gasteiger partial charge is 0.407 e. The Hall–Kier alpha value is -2.25. The van der Waals surface area contributed by atoms with Crippen molar-refractivity contribution in [3.8, 4) is 0 Å². The summed E-state index contributed by atoms with van der Waals surface area (Å²) in [6, 6.07) is 1.89. The van der Waals surface area contributed by atoms with E-state index in [1.165, 1.54) is 0 Å². The van der Waals surface area contributed by atoms with Crippen LogP contribution in [0.25, 0.3) is 0 Å². The number of aromatic amines is 1. The quantitative estimate of drug-likeness (QED) is 0.356. The molecule has 0 saturated heterocycles. The Kier molecular flexibility index (Phi) is 7.21. The minimum absolute atomic E-state index is 0.394. The highest BCUT2D eigenvalue weighted by atomic mass is 16.6. The number of hydrogen-bond donors (Lipinski definition) is 4. The molecule has 22 heavy (non-hydrogen) atoms. The minimum Gasteiger partial charge on any atom is -0.444 e. The van der Waals surface area contributed by atoms with E-state index in [1.54, 1.807) is 13.2 Å². The van der Waals surface area contributed by atoms with Crippen LogP contribution in [0.15, 0.2) is 17.3 Å². The summed E-state index contributed by atoms with van der Waals surface area (Å²) in [6.07, 6.45) is 2.08. The van der Waals surface area contributed by atoms with Crippen LogP contribution in [-0.4, -0.2) is 48.0 Å². The van der Waals surface area contributed by atoms with Crippen molar-refractivity contribution >= 4 is 12.1 Å². The number of nitrogens with one attached hydrogen (secondary N) is 4. The van der Waals surface area contributed by atoms with Gasteiger partial charge >= 0.3 is 6.09 Å². The minimum atomic E-state index is -0.471. The van der Waals surface area contributed by atoms with Crippen LogP contribution in [0, 0.1) is 0 Å². The summed E-state index contributed by atoms with van der Waals surface area (Å²) >= 11 is 0. The fourth-order valence-electron chi connectivity index (χ4n) is 1.58. The Balaban J connectivity index is 2.11. The predicted molar refractivity (Wildman–Crippen MR) is 85.6 cm³/mol. The second kappa shape index (κ2) is 8.91. The van der Waals surface area contributed by atoms with E-state index in [0.717, 1.165) is 12.1 Å². The van der Waals surface area contributed by atoms with E-state index in [-0.39, 0.29) is 0 Å². The maximum absolute atomic E-state index is 11.4. The van der Waals surface area contributed by atoms with Gasteiger partial charge in [0.1, 0.15) is 5.60 Å². The SMILES string of the molecule is CN=C(NCCCNC(=O)OC(C)(C)C)NCc1ccn[nH]1. The van der Waals surface area contributed by atoms with Crippen LogP contribution < -0.4 is 16.0 Å². The van der Waals surface area contributed by atoms with Gasteiger partial charge in [-0.25, -0.2) is 4.79 Å². The van der Waals surface area contributed by atoms with Gasteiger partial charge in [-0.2, -0.15) is 5.10 Å². The van der Waals surface area contributed by atoms with Crippen molar-refractivity contribution in [3.05, 3.63) is 18.0 Å². The molecule has 1 aromatic heterocycles. The molecule has 4 N–H and O–H groups in total. The van der Waals surface area contributed by atoms with E-state index in [9.17, 15) is 4.79 Å². The molecule has 0 bridgehead atoms. The molecule has 124 valence electrons. The summed E-state index contributed by atoms with van der Waals surface area (Å²) in [6.45, 7) is 7.37. The van der Waals surface area contributed by atoms with Gasteiger partial charge in [0.05, 0.1) is 12.2 Å². The number of amides is 1. The van der Waals surface area contributed by atoms with Gasteiger partial charge in [-0.05, 0) is 33.3 Å². The zero-order chi connectivity index (χ0) is 16.4. The van der Waals surface area contributed by atoms with Crippen molar-refractivity contribution in [3.63, 3.8) is 0 Å². The molecule has 0 unspecified atom stereocenters. The third-order valence-corrected chi connectivity index (χ3v) is 2.54. The van der Waals surface area contributed by atoms with Gasteiger partial charge < -0.3 is 20.7 Å². The van der Waals surface area contributed by atoms with E-state index in [1.807, 2.05) is 26.8 Å². The molecule has 1 heterocycles. The number of ether oxygens (including phenoxy) is 1. The van der Waals surface area contributed by atoms with Crippen molar-refractivity contribution < 1.29 is 9.53 Å². The number of aromatic nitrogens is 2. The van der Waals surface area contributed by atoms with Crippen molar-refractivity contribution in [1.29, 1.82) is 0 Å². The van der Waals surface area contributed by atoms with Crippen LogP contribution in [0.1, 0.15) is 32.9 Å². The molecule has 0 radical (unpaired) electrons. The molecular weight excluding hydrogens is 284 g/mol. The number of carbonyl (C=O) groups is 1. The average Bonchev–Trinajstić information content (AvgIpc) is 2.93. The first kappa shape index (κ1) is 17.8. The maximum atomic E-state index is 11.4. The molecule has 0 aliphatic rings. The highest BCUT2D eigenvalue weighted by Crippen LogP contribution is 2.06. The number of aliphatic imine (C=N–C) groups is 1.